The fraction of sp³-hybridized carbons (Fsp3) is 0.182. The number of benzene rings is 1. The number of nitrogens with one attached hydrogen (secondary N) is 1. The molecule has 1 aliphatic heterocycles. The van der Waals surface area contributed by atoms with Gasteiger partial charge in [-0.2, -0.15) is 0 Å². The Morgan fingerprint density at radius 2 is 2.06 bits per heavy atom. The van der Waals surface area contributed by atoms with Crippen LogP contribution in [0.3, 0.4) is 0 Å². The number of ether oxygens (including phenoxy) is 2. The molecule has 1 N–H and O–H groups in total. The van der Waals surface area contributed by atoms with Crippen molar-refractivity contribution in [3.63, 3.8) is 0 Å². The zero-order chi connectivity index (χ0) is 12.4. The van der Waals surface area contributed by atoms with Crippen molar-refractivity contribution in [3.05, 3.63) is 40.3 Å². The maximum atomic E-state index is 12.7. The van der Waals surface area contributed by atoms with Gasteiger partial charge in [0.25, 0.3) is 0 Å². The van der Waals surface area contributed by atoms with E-state index in [1.165, 1.54) is 19.2 Å². The molecule has 0 fully saturated rings. The Balaban J connectivity index is 2.22. The molecule has 0 aliphatic carbocycles. The summed E-state index contributed by atoms with van der Waals surface area (Å²) in [5, 5.41) is 2.94. The number of esters is 1. The lowest BCUT2D eigenvalue weighted by Gasteiger charge is -2.13. The molecule has 0 bridgehead atoms. The molecular formula is C11H9BrFNO3. The van der Waals surface area contributed by atoms with Gasteiger partial charge >= 0.3 is 5.97 Å². The van der Waals surface area contributed by atoms with E-state index in [0.29, 0.717) is 11.4 Å². The first kappa shape index (κ1) is 12.1. The third-order valence-corrected chi connectivity index (χ3v) is 2.95. The predicted molar refractivity (Wildman–Crippen MR) is 62.9 cm³/mol. The lowest BCUT2D eigenvalue weighted by molar-refractivity contribution is -0.155. The quantitative estimate of drug-likeness (QED) is 0.871. The predicted octanol–water partition coefficient (Wildman–Crippen LogP) is 2.37. The molecule has 0 saturated heterocycles. The molecule has 0 spiro atoms. The van der Waals surface area contributed by atoms with Gasteiger partial charge in [-0.15, -0.1) is 0 Å². The molecule has 1 aliphatic rings. The van der Waals surface area contributed by atoms with Gasteiger partial charge in [0, 0.05) is 12.8 Å². The van der Waals surface area contributed by atoms with Crippen LogP contribution in [-0.4, -0.2) is 19.4 Å². The second-order valence-corrected chi connectivity index (χ2v) is 4.13. The highest BCUT2D eigenvalue weighted by Crippen LogP contribution is 2.28. The lowest BCUT2D eigenvalue weighted by atomic mass is 10.3. The van der Waals surface area contributed by atoms with Crippen LogP contribution in [0.15, 0.2) is 34.4 Å². The van der Waals surface area contributed by atoms with E-state index in [1.807, 2.05) is 0 Å². The molecule has 1 heterocycles. The molecule has 6 heteroatoms. The first-order chi connectivity index (χ1) is 8.11. The lowest BCUT2D eigenvalue weighted by Crippen LogP contribution is -2.18. The normalized spacial score (nSPS) is 19.5. The Morgan fingerprint density at radius 3 is 2.65 bits per heavy atom. The number of halogens is 2. The summed E-state index contributed by atoms with van der Waals surface area (Å²) in [6.07, 6.45) is -0.776. The maximum Gasteiger partial charge on any atom is 0.349 e. The van der Waals surface area contributed by atoms with Gasteiger partial charge in [-0.25, -0.2) is 9.18 Å². The molecule has 90 valence electrons. The molecule has 4 nitrogen and oxygen atoms in total. The summed E-state index contributed by atoms with van der Waals surface area (Å²) in [4.78, 5) is 11.3. The second-order valence-electron chi connectivity index (χ2n) is 3.33. The molecule has 17 heavy (non-hydrogen) atoms. The SMILES string of the molecule is CO[C@H]1OC(=O)C(Br)=C1Nc1ccc(F)cc1. The summed E-state index contributed by atoms with van der Waals surface area (Å²) < 4.78 is 22.9. The van der Waals surface area contributed by atoms with Gasteiger partial charge in [0.2, 0.25) is 6.29 Å². The Kier molecular flexibility index (Phi) is 3.44. The number of hydrogen-bond acceptors (Lipinski definition) is 4. The molecule has 0 unspecified atom stereocenters. The van der Waals surface area contributed by atoms with Crippen molar-refractivity contribution >= 4 is 27.6 Å². The largest absolute Gasteiger partial charge is 0.426 e. The highest BCUT2D eigenvalue weighted by atomic mass is 79.9. The highest BCUT2D eigenvalue weighted by Gasteiger charge is 2.33. The average molecular weight is 302 g/mol. The van der Waals surface area contributed by atoms with Gasteiger partial charge in [-0.05, 0) is 40.2 Å². The van der Waals surface area contributed by atoms with E-state index in [1.54, 1.807) is 12.1 Å². The van der Waals surface area contributed by atoms with Crippen molar-refractivity contribution in [1.82, 2.24) is 0 Å². The Morgan fingerprint density at radius 1 is 1.41 bits per heavy atom. The van der Waals surface area contributed by atoms with E-state index in [4.69, 9.17) is 9.47 Å². The number of hydrogen-bond donors (Lipinski definition) is 1. The molecule has 0 aromatic heterocycles. The fourth-order valence-corrected chi connectivity index (χ4v) is 1.77. The number of carbonyl (C=O) groups excluding carboxylic acids is 1. The van der Waals surface area contributed by atoms with E-state index in [2.05, 4.69) is 21.2 Å². The van der Waals surface area contributed by atoms with Crippen molar-refractivity contribution in [2.24, 2.45) is 0 Å². The van der Waals surface area contributed by atoms with Gasteiger partial charge in [-0.3, -0.25) is 0 Å². The van der Waals surface area contributed by atoms with E-state index >= 15 is 0 Å². The minimum atomic E-state index is -0.776. The third-order valence-electron chi connectivity index (χ3n) is 2.20. The van der Waals surface area contributed by atoms with Crippen LogP contribution >= 0.6 is 15.9 Å². The summed E-state index contributed by atoms with van der Waals surface area (Å²) in [5.74, 6) is -0.827. The van der Waals surface area contributed by atoms with Crippen molar-refractivity contribution in [2.75, 3.05) is 12.4 Å². The van der Waals surface area contributed by atoms with Crippen LogP contribution in [0.5, 0.6) is 0 Å². The van der Waals surface area contributed by atoms with E-state index in [0.717, 1.165) is 0 Å². The highest BCUT2D eigenvalue weighted by molar-refractivity contribution is 9.12. The monoisotopic (exact) mass is 301 g/mol. The average Bonchev–Trinajstić information content (AvgIpc) is 2.59. The molecule has 0 amide bonds. The Hall–Kier alpha value is -1.40. The fourth-order valence-electron chi connectivity index (χ4n) is 1.39. The zero-order valence-electron chi connectivity index (χ0n) is 8.87. The molecule has 0 radical (unpaired) electrons. The van der Waals surface area contributed by atoms with Crippen LogP contribution in [0.4, 0.5) is 10.1 Å². The van der Waals surface area contributed by atoms with E-state index in [-0.39, 0.29) is 10.3 Å². The summed E-state index contributed by atoms with van der Waals surface area (Å²) >= 11 is 3.11. The number of cyclic esters (lactones) is 1. The molecule has 1 aromatic carbocycles. The third kappa shape index (κ3) is 2.48. The molecule has 0 saturated carbocycles. The molecular weight excluding hydrogens is 293 g/mol. The smallest absolute Gasteiger partial charge is 0.349 e. The second kappa shape index (κ2) is 4.85. The molecule has 2 rings (SSSR count). The minimum absolute atomic E-state index is 0.272. The standard InChI is InChI=1S/C11H9BrFNO3/c1-16-11-9(8(12)10(15)17-11)14-7-4-2-6(13)3-5-7/h2-5,11,14H,1H3/t11-/m0/s1. The van der Waals surface area contributed by atoms with Crippen LogP contribution in [0.2, 0.25) is 0 Å². The summed E-state index contributed by atoms with van der Waals surface area (Å²) in [5.41, 5.74) is 1.10. The molecule has 1 atom stereocenters. The van der Waals surface area contributed by atoms with Crippen molar-refractivity contribution in [2.45, 2.75) is 6.29 Å². The summed E-state index contributed by atoms with van der Waals surface area (Å²) in [6, 6.07) is 5.74. The summed E-state index contributed by atoms with van der Waals surface area (Å²) in [7, 11) is 1.43. The van der Waals surface area contributed by atoms with E-state index in [9.17, 15) is 9.18 Å². The number of carbonyl (C=O) groups is 1. The first-order valence-corrected chi connectivity index (χ1v) is 5.57. The van der Waals surface area contributed by atoms with Gasteiger partial charge in [0.15, 0.2) is 0 Å². The molecule has 1 aromatic rings. The van der Waals surface area contributed by atoms with Crippen LogP contribution < -0.4 is 5.32 Å². The van der Waals surface area contributed by atoms with Gasteiger partial charge in [0.05, 0.1) is 0 Å². The van der Waals surface area contributed by atoms with Crippen molar-refractivity contribution < 1.29 is 18.7 Å². The van der Waals surface area contributed by atoms with Crippen LogP contribution in [0.1, 0.15) is 0 Å². The van der Waals surface area contributed by atoms with Crippen LogP contribution in [0.25, 0.3) is 0 Å². The number of anilines is 1. The van der Waals surface area contributed by atoms with Crippen molar-refractivity contribution in [1.29, 1.82) is 0 Å². The Labute approximate surface area is 106 Å². The van der Waals surface area contributed by atoms with Gasteiger partial charge < -0.3 is 14.8 Å². The van der Waals surface area contributed by atoms with E-state index < -0.39 is 12.3 Å². The van der Waals surface area contributed by atoms with Gasteiger partial charge in [-0.1, -0.05) is 0 Å². The number of rotatable bonds is 3. The van der Waals surface area contributed by atoms with Gasteiger partial charge in [0.1, 0.15) is 16.0 Å². The Bertz CT molecular complexity index is 472. The topological polar surface area (TPSA) is 47.6 Å². The van der Waals surface area contributed by atoms with Crippen molar-refractivity contribution in [3.8, 4) is 0 Å². The minimum Gasteiger partial charge on any atom is -0.426 e. The number of methoxy groups -OCH3 is 1. The summed E-state index contributed by atoms with van der Waals surface area (Å²) in [6.45, 7) is 0. The first-order valence-electron chi connectivity index (χ1n) is 4.78. The maximum absolute atomic E-state index is 12.7. The van der Waals surface area contributed by atoms with Crippen LogP contribution in [0, 0.1) is 5.82 Å². The van der Waals surface area contributed by atoms with Crippen LogP contribution in [-0.2, 0) is 14.3 Å². The zero-order valence-corrected chi connectivity index (χ0v) is 10.5.